The Balaban J connectivity index is 2.51. The minimum atomic E-state index is -4.17. The minimum absolute atomic E-state index is 0.0393. The summed E-state index contributed by atoms with van der Waals surface area (Å²) in [6, 6.07) is 9.09. The van der Waals surface area contributed by atoms with Crippen molar-refractivity contribution in [3.63, 3.8) is 0 Å². The Kier molecular flexibility index (Phi) is 5.52. The van der Waals surface area contributed by atoms with Crippen LogP contribution in [0.5, 0.6) is 0 Å². The lowest BCUT2D eigenvalue weighted by atomic mass is 10.2. The van der Waals surface area contributed by atoms with Gasteiger partial charge >= 0.3 is 5.97 Å². The number of benzene rings is 2. The molecule has 0 fully saturated rings. The van der Waals surface area contributed by atoms with E-state index in [1.165, 1.54) is 43.3 Å². The molecule has 2 rings (SSSR count). The highest BCUT2D eigenvalue weighted by Gasteiger charge is 2.23. The average molecular weight is 404 g/mol. The molecule has 0 atom stereocenters. The van der Waals surface area contributed by atoms with Crippen LogP contribution in [-0.4, -0.2) is 34.5 Å². The van der Waals surface area contributed by atoms with Crippen molar-refractivity contribution < 1.29 is 26.7 Å². The highest BCUT2D eigenvalue weighted by Crippen LogP contribution is 2.26. The van der Waals surface area contributed by atoms with E-state index in [0.717, 1.165) is 6.07 Å². The Morgan fingerprint density at radius 2 is 1.60 bits per heavy atom. The minimum Gasteiger partial charge on any atom is -0.480 e. The van der Waals surface area contributed by atoms with Gasteiger partial charge in [0.05, 0.1) is 14.7 Å². The third-order valence-corrected chi connectivity index (χ3v) is 6.86. The van der Waals surface area contributed by atoms with Crippen molar-refractivity contribution in [2.75, 3.05) is 6.54 Å². The van der Waals surface area contributed by atoms with Gasteiger partial charge in [-0.15, -0.1) is 0 Å². The number of carboxylic acid groups (broad SMARTS) is 1. The molecule has 0 aliphatic rings. The molecule has 7 nitrogen and oxygen atoms in total. The van der Waals surface area contributed by atoms with Gasteiger partial charge in [0.1, 0.15) is 6.54 Å². The number of carboxylic acids is 1. The predicted octanol–water partition coefficient (Wildman–Crippen LogP) is 1.84. The van der Waals surface area contributed by atoms with Crippen molar-refractivity contribution in [1.29, 1.82) is 0 Å². The molecule has 2 aromatic rings. The molecule has 0 unspecified atom stereocenters. The van der Waals surface area contributed by atoms with E-state index in [-0.39, 0.29) is 20.2 Å². The Labute approximate surface area is 150 Å². The standard InChI is InChI=1S/C15H14ClNO6S2/c1-10-2-5-13(8-14(10)25(22,23)17-9-15(18)19)24(20,21)12-6-3-11(16)4-7-12/h2-8,17H,9H2,1H3,(H,18,19). The van der Waals surface area contributed by atoms with E-state index in [1.54, 1.807) is 0 Å². The molecule has 10 heteroatoms. The molecule has 0 aromatic heterocycles. The molecule has 0 radical (unpaired) electrons. The Morgan fingerprint density at radius 3 is 2.16 bits per heavy atom. The maximum absolute atomic E-state index is 12.6. The van der Waals surface area contributed by atoms with Crippen molar-refractivity contribution in [3.8, 4) is 0 Å². The molecule has 2 aromatic carbocycles. The largest absolute Gasteiger partial charge is 0.480 e. The molecular weight excluding hydrogens is 390 g/mol. The van der Waals surface area contributed by atoms with Crippen LogP contribution in [0.1, 0.15) is 5.56 Å². The summed E-state index contributed by atoms with van der Waals surface area (Å²) < 4.78 is 51.7. The lowest BCUT2D eigenvalue weighted by molar-refractivity contribution is -0.135. The van der Waals surface area contributed by atoms with Crippen LogP contribution < -0.4 is 4.72 Å². The number of halogens is 1. The molecule has 0 saturated heterocycles. The Morgan fingerprint density at radius 1 is 1.04 bits per heavy atom. The lowest BCUT2D eigenvalue weighted by Crippen LogP contribution is -2.30. The van der Waals surface area contributed by atoms with Crippen LogP contribution in [0.4, 0.5) is 0 Å². The highest BCUT2D eigenvalue weighted by molar-refractivity contribution is 7.91. The van der Waals surface area contributed by atoms with E-state index in [4.69, 9.17) is 16.7 Å². The fourth-order valence-corrected chi connectivity index (χ4v) is 4.75. The molecule has 2 N–H and O–H groups in total. The number of hydrogen-bond acceptors (Lipinski definition) is 5. The first-order valence-corrected chi connectivity index (χ1v) is 10.2. The fourth-order valence-electron chi connectivity index (χ4n) is 2.02. The van der Waals surface area contributed by atoms with Gasteiger partial charge in [-0.25, -0.2) is 16.8 Å². The molecule has 134 valence electrons. The van der Waals surface area contributed by atoms with Gasteiger partial charge in [0.25, 0.3) is 0 Å². The maximum atomic E-state index is 12.6. The number of rotatable bonds is 6. The van der Waals surface area contributed by atoms with E-state index >= 15 is 0 Å². The zero-order chi connectivity index (χ0) is 18.8. The summed E-state index contributed by atoms with van der Waals surface area (Å²) in [5.41, 5.74) is 0.285. The van der Waals surface area contributed by atoms with Crippen LogP contribution in [0.15, 0.2) is 57.2 Å². The number of carbonyl (C=O) groups is 1. The zero-order valence-corrected chi connectivity index (χ0v) is 15.3. The van der Waals surface area contributed by atoms with Crippen LogP contribution in [-0.2, 0) is 24.7 Å². The number of aliphatic carboxylic acids is 1. The van der Waals surface area contributed by atoms with Crippen molar-refractivity contribution in [2.45, 2.75) is 21.6 Å². The van der Waals surface area contributed by atoms with Gasteiger partial charge in [-0.3, -0.25) is 4.79 Å². The van der Waals surface area contributed by atoms with Crippen LogP contribution in [0.2, 0.25) is 5.02 Å². The van der Waals surface area contributed by atoms with Crippen LogP contribution in [0, 0.1) is 6.92 Å². The number of hydrogen-bond donors (Lipinski definition) is 2. The van der Waals surface area contributed by atoms with Gasteiger partial charge in [0.15, 0.2) is 0 Å². The summed E-state index contributed by atoms with van der Waals surface area (Å²) >= 11 is 5.74. The van der Waals surface area contributed by atoms with E-state index in [1.807, 2.05) is 4.72 Å². The third kappa shape index (κ3) is 4.37. The van der Waals surface area contributed by atoms with Gasteiger partial charge in [-0.05, 0) is 48.9 Å². The van der Waals surface area contributed by atoms with Crippen LogP contribution in [0.3, 0.4) is 0 Å². The van der Waals surface area contributed by atoms with Crippen molar-refractivity contribution in [2.24, 2.45) is 0 Å². The summed E-state index contributed by atoms with van der Waals surface area (Å²) in [6.07, 6.45) is 0. The predicted molar refractivity (Wildman–Crippen MR) is 90.9 cm³/mol. The normalized spacial score (nSPS) is 12.1. The van der Waals surface area contributed by atoms with Crippen molar-refractivity contribution in [3.05, 3.63) is 53.1 Å². The van der Waals surface area contributed by atoms with Crippen LogP contribution in [0.25, 0.3) is 0 Å². The number of sulfonamides is 1. The van der Waals surface area contributed by atoms with Crippen LogP contribution >= 0.6 is 11.6 Å². The summed E-state index contributed by atoms with van der Waals surface area (Å²) in [5, 5.41) is 8.98. The van der Waals surface area contributed by atoms with E-state index in [2.05, 4.69) is 0 Å². The third-order valence-electron chi connectivity index (χ3n) is 3.30. The van der Waals surface area contributed by atoms with Gasteiger partial charge in [0.2, 0.25) is 19.9 Å². The number of nitrogens with one attached hydrogen (secondary N) is 1. The summed E-state index contributed by atoms with van der Waals surface area (Å²) in [4.78, 5) is 10.0. The smallest absolute Gasteiger partial charge is 0.318 e. The molecule has 0 spiro atoms. The Hall–Kier alpha value is -1.94. The van der Waals surface area contributed by atoms with Crippen molar-refractivity contribution >= 4 is 37.4 Å². The molecular formula is C15H14ClNO6S2. The van der Waals surface area contributed by atoms with E-state index < -0.39 is 32.4 Å². The number of aryl methyl sites for hydroxylation is 1. The molecule has 0 aliphatic carbocycles. The first-order valence-electron chi connectivity index (χ1n) is 6.87. The average Bonchev–Trinajstić information content (AvgIpc) is 2.53. The first-order chi connectivity index (χ1) is 11.5. The summed E-state index contributed by atoms with van der Waals surface area (Å²) in [7, 11) is -8.13. The summed E-state index contributed by atoms with van der Waals surface area (Å²) in [5.74, 6) is -1.36. The monoisotopic (exact) mass is 403 g/mol. The quantitative estimate of drug-likeness (QED) is 0.759. The SMILES string of the molecule is Cc1ccc(S(=O)(=O)c2ccc(Cl)cc2)cc1S(=O)(=O)NCC(=O)O. The second-order valence-corrected chi connectivity index (χ2v) is 9.22. The van der Waals surface area contributed by atoms with Gasteiger partial charge in [0, 0.05) is 5.02 Å². The second-order valence-electron chi connectivity index (χ2n) is 5.10. The van der Waals surface area contributed by atoms with Gasteiger partial charge < -0.3 is 5.11 Å². The molecule has 25 heavy (non-hydrogen) atoms. The zero-order valence-electron chi connectivity index (χ0n) is 12.9. The number of sulfone groups is 1. The molecule has 0 heterocycles. The van der Waals surface area contributed by atoms with Gasteiger partial charge in [-0.1, -0.05) is 17.7 Å². The highest BCUT2D eigenvalue weighted by atomic mass is 35.5. The maximum Gasteiger partial charge on any atom is 0.318 e. The molecule has 0 aliphatic heterocycles. The first kappa shape index (κ1) is 19.4. The lowest BCUT2D eigenvalue weighted by Gasteiger charge is -2.11. The molecule has 0 bridgehead atoms. The fraction of sp³-hybridized carbons (Fsp3) is 0.133. The van der Waals surface area contributed by atoms with Gasteiger partial charge in [-0.2, -0.15) is 4.72 Å². The Bertz CT molecular complexity index is 1010. The van der Waals surface area contributed by atoms with Crippen molar-refractivity contribution in [1.82, 2.24) is 4.72 Å². The summed E-state index contributed by atoms with van der Waals surface area (Å²) in [6.45, 7) is 0.671. The molecule has 0 amide bonds. The second kappa shape index (κ2) is 7.12. The topological polar surface area (TPSA) is 118 Å². The molecule has 0 saturated carbocycles. The van der Waals surface area contributed by atoms with E-state index in [0.29, 0.717) is 5.02 Å². The van der Waals surface area contributed by atoms with E-state index in [9.17, 15) is 21.6 Å².